The van der Waals surface area contributed by atoms with Gasteiger partial charge in [0.15, 0.2) is 0 Å². The Kier molecular flexibility index (Phi) is 3.96. The molecule has 118 valence electrons. The van der Waals surface area contributed by atoms with Gasteiger partial charge in [0.1, 0.15) is 0 Å². The monoisotopic (exact) mass is 326 g/mol. The maximum Gasteiger partial charge on any atom is 0.261 e. The van der Waals surface area contributed by atoms with Gasteiger partial charge in [-0.2, -0.15) is 0 Å². The fourth-order valence-electron chi connectivity index (χ4n) is 2.41. The van der Waals surface area contributed by atoms with E-state index in [9.17, 15) is 8.42 Å². The Morgan fingerprint density at radius 3 is 2.17 bits per heavy atom. The average Bonchev–Trinajstić information content (AvgIpc) is 3.00. The summed E-state index contributed by atoms with van der Waals surface area (Å²) in [6.45, 7) is 3.87. The van der Waals surface area contributed by atoms with Gasteiger partial charge >= 0.3 is 0 Å². The standard InChI is InChI=1S/C18H18N2O2S/c1-14-5-7-18(8-6-14)23(21,22)19-16-11-15(2)12-17(13-16)20-9-3-4-10-20/h3-13,19H,1-2H3. The number of sulfonamides is 1. The average molecular weight is 326 g/mol. The Labute approximate surface area is 136 Å². The molecule has 5 heteroatoms. The van der Waals surface area contributed by atoms with Gasteiger partial charge in [0.2, 0.25) is 0 Å². The Hall–Kier alpha value is -2.53. The molecule has 0 fully saturated rings. The van der Waals surface area contributed by atoms with Crippen molar-refractivity contribution in [2.24, 2.45) is 0 Å². The van der Waals surface area contributed by atoms with Crippen molar-refractivity contribution in [3.8, 4) is 5.69 Å². The van der Waals surface area contributed by atoms with E-state index in [1.165, 1.54) is 0 Å². The smallest absolute Gasteiger partial charge is 0.261 e. The lowest BCUT2D eigenvalue weighted by Crippen LogP contribution is -2.13. The van der Waals surface area contributed by atoms with E-state index < -0.39 is 10.0 Å². The lowest BCUT2D eigenvalue weighted by atomic mass is 10.2. The highest BCUT2D eigenvalue weighted by molar-refractivity contribution is 7.92. The van der Waals surface area contributed by atoms with Crippen LogP contribution in [0.5, 0.6) is 0 Å². The summed E-state index contributed by atoms with van der Waals surface area (Å²) in [5.41, 5.74) is 3.47. The summed E-state index contributed by atoms with van der Waals surface area (Å²) in [5.74, 6) is 0. The zero-order chi connectivity index (χ0) is 16.4. The van der Waals surface area contributed by atoms with E-state index in [2.05, 4.69) is 4.72 Å². The molecule has 0 aliphatic rings. The van der Waals surface area contributed by atoms with Gasteiger partial charge in [-0.25, -0.2) is 8.42 Å². The van der Waals surface area contributed by atoms with Gasteiger partial charge < -0.3 is 4.57 Å². The number of nitrogens with zero attached hydrogens (tertiary/aromatic N) is 1. The molecule has 3 aromatic rings. The van der Waals surface area contributed by atoms with Gasteiger partial charge in [-0.05, 0) is 61.9 Å². The number of benzene rings is 2. The molecule has 0 amide bonds. The molecule has 0 saturated carbocycles. The molecular formula is C18H18N2O2S. The first-order valence-electron chi connectivity index (χ1n) is 7.29. The molecule has 0 bridgehead atoms. The van der Waals surface area contributed by atoms with Crippen molar-refractivity contribution in [2.75, 3.05) is 4.72 Å². The van der Waals surface area contributed by atoms with Crippen LogP contribution in [0.25, 0.3) is 5.69 Å². The molecule has 0 atom stereocenters. The summed E-state index contributed by atoms with van der Waals surface area (Å²) in [4.78, 5) is 0.257. The predicted molar refractivity (Wildman–Crippen MR) is 92.5 cm³/mol. The van der Waals surface area contributed by atoms with Crippen LogP contribution in [0.1, 0.15) is 11.1 Å². The van der Waals surface area contributed by atoms with Crippen LogP contribution in [0.4, 0.5) is 5.69 Å². The van der Waals surface area contributed by atoms with Crippen molar-refractivity contribution in [2.45, 2.75) is 18.7 Å². The maximum atomic E-state index is 12.5. The van der Waals surface area contributed by atoms with Crippen molar-refractivity contribution < 1.29 is 8.42 Å². The fraction of sp³-hybridized carbons (Fsp3) is 0.111. The van der Waals surface area contributed by atoms with Crippen LogP contribution >= 0.6 is 0 Å². The van der Waals surface area contributed by atoms with Crippen molar-refractivity contribution in [3.05, 3.63) is 78.1 Å². The second-order valence-corrected chi connectivity index (χ2v) is 7.25. The number of anilines is 1. The van der Waals surface area contributed by atoms with Gasteiger partial charge in [-0.1, -0.05) is 17.7 Å². The zero-order valence-corrected chi connectivity index (χ0v) is 13.8. The first-order valence-corrected chi connectivity index (χ1v) is 8.77. The molecule has 1 N–H and O–H groups in total. The van der Waals surface area contributed by atoms with Crippen molar-refractivity contribution in [1.29, 1.82) is 0 Å². The lowest BCUT2D eigenvalue weighted by Gasteiger charge is -2.12. The molecule has 0 saturated heterocycles. The third-order valence-corrected chi connectivity index (χ3v) is 4.95. The van der Waals surface area contributed by atoms with Crippen LogP contribution in [0.15, 0.2) is 71.9 Å². The zero-order valence-electron chi connectivity index (χ0n) is 13.0. The first-order chi connectivity index (χ1) is 10.9. The highest BCUT2D eigenvalue weighted by Gasteiger charge is 2.14. The molecule has 4 nitrogen and oxygen atoms in total. The number of hydrogen-bond donors (Lipinski definition) is 1. The lowest BCUT2D eigenvalue weighted by molar-refractivity contribution is 0.601. The normalized spacial score (nSPS) is 11.4. The van der Waals surface area contributed by atoms with Crippen molar-refractivity contribution in [3.63, 3.8) is 0 Å². The number of aryl methyl sites for hydroxylation is 2. The Morgan fingerprint density at radius 1 is 0.870 bits per heavy atom. The fourth-order valence-corrected chi connectivity index (χ4v) is 3.45. The van der Waals surface area contributed by atoms with E-state index in [4.69, 9.17) is 0 Å². The summed E-state index contributed by atoms with van der Waals surface area (Å²) >= 11 is 0. The molecule has 0 aliphatic heterocycles. The van der Waals surface area contributed by atoms with Gasteiger partial charge in [-0.3, -0.25) is 4.72 Å². The van der Waals surface area contributed by atoms with Crippen LogP contribution in [-0.2, 0) is 10.0 Å². The van der Waals surface area contributed by atoms with Gasteiger partial charge in [0.05, 0.1) is 10.6 Å². The summed E-state index contributed by atoms with van der Waals surface area (Å²) in [7, 11) is -3.59. The van der Waals surface area contributed by atoms with Crippen LogP contribution in [-0.4, -0.2) is 13.0 Å². The van der Waals surface area contributed by atoms with Gasteiger partial charge in [0.25, 0.3) is 10.0 Å². The summed E-state index contributed by atoms with van der Waals surface area (Å²) in [6, 6.07) is 16.3. The highest BCUT2D eigenvalue weighted by atomic mass is 32.2. The molecule has 0 spiro atoms. The topological polar surface area (TPSA) is 51.1 Å². The molecule has 1 aromatic heterocycles. The Bertz CT molecular complexity index is 912. The van der Waals surface area contributed by atoms with Crippen LogP contribution < -0.4 is 4.72 Å². The molecule has 3 rings (SSSR count). The van der Waals surface area contributed by atoms with Crippen LogP contribution in [0, 0.1) is 13.8 Å². The SMILES string of the molecule is Cc1ccc(S(=O)(=O)Nc2cc(C)cc(-n3cccc3)c2)cc1. The second kappa shape index (κ2) is 5.93. The number of hydrogen-bond acceptors (Lipinski definition) is 2. The van der Waals surface area contributed by atoms with Crippen LogP contribution in [0.3, 0.4) is 0 Å². The van der Waals surface area contributed by atoms with E-state index in [0.29, 0.717) is 5.69 Å². The molecular weight excluding hydrogens is 308 g/mol. The van der Waals surface area contributed by atoms with Gasteiger partial charge in [-0.15, -0.1) is 0 Å². The number of rotatable bonds is 4. The van der Waals surface area contributed by atoms with Crippen LogP contribution in [0.2, 0.25) is 0 Å². The van der Waals surface area contributed by atoms with Crippen molar-refractivity contribution in [1.82, 2.24) is 4.57 Å². The molecule has 23 heavy (non-hydrogen) atoms. The third kappa shape index (κ3) is 3.46. The minimum Gasteiger partial charge on any atom is -0.324 e. The molecule has 1 heterocycles. The van der Waals surface area contributed by atoms with E-state index >= 15 is 0 Å². The quantitative estimate of drug-likeness (QED) is 0.790. The first kappa shape index (κ1) is 15.4. The summed E-state index contributed by atoms with van der Waals surface area (Å²) in [6.07, 6.45) is 3.85. The Balaban J connectivity index is 1.95. The summed E-state index contributed by atoms with van der Waals surface area (Å²) in [5, 5.41) is 0. The molecule has 0 unspecified atom stereocenters. The molecule has 2 aromatic carbocycles. The predicted octanol–water partition coefficient (Wildman–Crippen LogP) is 3.89. The third-order valence-electron chi connectivity index (χ3n) is 3.55. The number of nitrogens with one attached hydrogen (secondary N) is 1. The molecule has 0 radical (unpaired) electrons. The maximum absolute atomic E-state index is 12.5. The minimum atomic E-state index is -3.59. The molecule has 0 aliphatic carbocycles. The minimum absolute atomic E-state index is 0.257. The van der Waals surface area contributed by atoms with E-state index in [1.807, 2.05) is 61.1 Å². The largest absolute Gasteiger partial charge is 0.324 e. The summed E-state index contributed by atoms with van der Waals surface area (Å²) < 4.78 is 29.6. The van der Waals surface area contributed by atoms with E-state index in [-0.39, 0.29) is 4.90 Å². The highest BCUT2D eigenvalue weighted by Crippen LogP contribution is 2.21. The van der Waals surface area contributed by atoms with E-state index in [0.717, 1.165) is 16.8 Å². The van der Waals surface area contributed by atoms with Crippen molar-refractivity contribution >= 4 is 15.7 Å². The Morgan fingerprint density at radius 2 is 1.52 bits per heavy atom. The second-order valence-electron chi connectivity index (χ2n) is 5.57. The number of aromatic nitrogens is 1. The van der Waals surface area contributed by atoms with E-state index in [1.54, 1.807) is 24.3 Å². The van der Waals surface area contributed by atoms with Gasteiger partial charge in [0, 0.05) is 18.1 Å².